The second kappa shape index (κ2) is 5.07. The van der Waals surface area contributed by atoms with Crippen LogP contribution < -0.4 is 0 Å². The van der Waals surface area contributed by atoms with E-state index in [1.165, 1.54) is 33.4 Å². The first-order chi connectivity index (χ1) is 10.9. The van der Waals surface area contributed by atoms with Crippen LogP contribution in [-0.4, -0.2) is 3.42 Å². The van der Waals surface area contributed by atoms with Crippen molar-refractivity contribution < 1.29 is 0 Å². The number of allylic oxidation sites excluding steroid dienone is 4. The number of benzene rings is 2. The van der Waals surface area contributed by atoms with Gasteiger partial charge in [0.2, 0.25) is 0 Å². The number of alkyl halides is 1. The van der Waals surface area contributed by atoms with Crippen molar-refractivity contribution in [1.29, 1.82) is 0 Å². The highest BCUT2D eigenvalue weighted by atomic mass is 127. The molecule has 0 heterocycles. The van der Waals surface area contributed by atoms with Crippen molar-refractivity contribution in [3.8, 4) is 11.1 Å². The van der Waals surface area contributed by atoms with Crippen molar-refractivity contribution in [3.63, 3.8) is 0 Å². The summed E-state index contributed by atoms with van der Waals surface area (Å²) >= 11 is 2.58. The van der Waals surface area contributed by atoms with Gasteiger partial charge in [0.15, 0.2) is 0 Å². The molecule has 0 aromatic heterocycles. The number of halogens is 1. The number of rotatable bonds is 1. The minimum Gasteiger partial charge on any atom is -0.0747 e. The Hall–Kier alpha value is -1.35. The first-order valence-corrected chi connectivity index (χ1v) is 9.29. The van der Waals surface area contributed by atoms with Gasteiger partial charge in [-0.2, -0.15) is 0 Å². The average molecular weight is 412 g/mol. The standard InChI is InChI=1S/C22H21I/c1-21(2)19-13-16(15-7-5-4-6-8-15)9-10-17(19)18-11-12-22(3,23)14-20(18)21/h4-11,13-14H,12H2,1-3H3. The summed E-state index contributed by atoms with van der Waals surface area (Å²) in [4.78, 5) is 0. The van der Waals surface area contributed by atoms with Gasteiger partial charge in [-0.1, -0.05) is 91.1 Å². The summed E-state index contributed by atoms with van der Waals surface area (Å²) in [5, 5.41) is 0. The lowest BCUT2D eigenvalue weighted by molar-refractivity contribution is 0.647. The lowest BCUT2D eigenvalue weighted by Gasteiger charge is -2.29. The van der Waals surface area contributed by atoms with E-state index in [-0.39, 0.29) is 8.84 Å². The van der Waals surface area contributed by atoms with Gasteiger partial charge in [0.1, 0.15) is 0 Å². The summed E-state index contributed by atoms with van der Waals surface area (Å²) in [6.45, 7) is 7.05. The molecular weight excluding hydrogens is 391 g/mol. The van der Waals surface area contributed by atoms with Gasteiger partial charge in [-0.3, -0.25) is 0 Å². The Kier molecular flexibility index (Phi) is 3.35. The van der Waals surface area contributed by atoms with Crippen molar-refractivity contribution in [3.05, 3.63) is 77.4 Å². The molecule has 2 aromatic carbocycles. The molecule has 0 nitrogen and oxygen atoms in total. The predicted molar refractivity (Wildman–Crippen MR) is 108 cm³/mol. The second-order valence-corrected chi connectivity index (χ2v) is 9.87. The topological polar surface area (TPSA) is 0 Å². The maximum atomic E-state index is 2.58. The third-order valence-corrected chi connectivity index (χ3v) is 5.96. The lowest BCUT2D eigenvalue weighted by atomic mass is 9.78. The Balaban J connectivity index is 1.89. The fraction of sp³-hybridized carbons (Fsp3) is 0.273. The van der Waals surface area contributed by atoms with Crippen LogP contribution in [0.1, 0.15) is 38.3 Å². The summed E-state index contributed by atoms with van der Waals surface area (Å²) in [6, 6.07) is 17.7. The maximum absolute atomic E-state index is 2.58. The van der Waals surface area contributed by atoms with Crippen LogP contribution in [0.15, 0.2) is 66.3 Å². The van der Waals surface area contributed by atoms with E-state index in [9.17, 15) is 0 Å². The molecule has 0 aliphatic heterocycles. The molecule has 0 bridgehead atoms. The van der Waals surface area contributed by atoms with E-state index in [0.29, 0.717) is 0 Å². The smallest absolute Gasteiger partial charge is 0.0413 e. The van der Waals surface area contributed by atoms with Gasteiger partial charge < -0.3 is 0 Å². The third kappa shape index (κ3) is 2.40. The molecule has 1 heteroatoms. The van der Waals surface area contributed by atoms with Crippen molar-refractivity contribution in [1.82, 2.24) is 0 Å². The molecule has 4 rings (SSSR count). The normalized spacial score (nSPS) is 24.5. The van der Waals surface area contributed by atoms with Gasteiger partial charge in [-0.05, 0) is 52.8 Å². The molecule has 1 atom stereocenters. The molecule has 0 N–H and O–H groups in total. The zero-order valence-electron chi connectivity index (χ0n) is 13.9. The Morgan fingerprint density at radius 2 is 1.65 bits per heavy atom. The van der Waals surface area contributed by atoms with E-state index in [1.807, 2.05) is 0 Å². The van der Waals surface area contributed by atoms with E-state index < -0.39 is 0 Å². The molecule has 0 saturated heterocycles. The molecule has 116 valence electrons. The molecule has 0 radical (unpaired) electrons. The number of hydrogen-bond acceptors (Lipinski definition) is 0. The molecule has 0 saturated carbocycles. The van der Waals surface area contributed by atoms with Crippen molar-refractivity contribution in [2.24, 2.45) is 0 Å². The van der Waals surface area contributed by atoms with Gasteiger partial charge in [-0.15, -0.1) is 0 Å². The van der Waals surface area contributed by atoms with Crippen molar-refractivity contribution in [2.75, 3.05) is 0 Å². The highest BCUT2D eigenvalue weighted by Crippen LogP contribution is 2.54. The average Bonchev–Trinajstić information content (AvgIpc) is 2.75. The van der Waals surface area contributed by atoms with E-state index in [4.69, 9.17) is 0 Å². The highest BCUT2D eigenvalue weighted by molar-refractivity contribution is 14.1. The zero-order chi connectivity index (χ0) is 16.2. The molecule has 2 aromatic rings. The Labute approximate surface area is 152 Å². The van der Waals surface area contributed by atoms with E-state index in [0.717, 1.165) is 6.42 Å². The summed E-state index contributed by atoms with van der Waals surface area (Å²) < 4.78 is 0.234. The van der Waals surface area contributed by atoms with E-state index in [1.54, 1.807) is 0 Å². The summed E-state index contributed by atoms with van der Waals surface area (Å²) in [5.41, 5.74) is 8.54. The van der Waals surface area contributed by atoms with Crippen molar-refractivity contribution >= 4 is 28.2 Å². The van der Waals surface area contributed by atoms with Crippen LogP contribution in [0.25, 0.3) is 16.7 Å². The van der Waals surface area contributed by atoms with Crippen LogP contribution in [0.5, 0.6) is 0 Å². The van der Waals surface area contributed by atoms with Gasteiger partial charge in [0.25, 0.3) is 0 Å². The van der Waals surface area contributed by atoms with Crippen LogP contribution in [-0.2, 0) is 5.41 Å². The SMILES string of the molecule is CC1(I)C=C2C(=CC1)c1ccc(-c3ccccc3)cc1C2(C)C. The van der Waals surface area contributed by atoms with Crippen LogP contribution in [0.4, 0.5) is 0 Å². The highest BCUT2D eigenvalue weighted by Gasteiger charge is 2.41. The molecule has 1 unspecified atom stereocenters. The summed E-state index contributed by atoms with van der Waals surface area (Å²) in [6.07, 6.45) is 6.05. The molecule has 23 heavy (non-hydrogen) atoms. The predicted octanol–water partition coefficient (Wildman–Crippen LogP) is 6.55. The fourth-order valence-corrected chi connectivity index (χ4v) is 4.40. The Morgan fingerprint density at radius 1 is 0.913 bits per heavy atom. The van der Waals surface area contributed by atoms with Gasteiger partial charge >= 0.3 is 0 Å². The van der Waals surface area contributed by atoms with Gasteiger partial charge in [0.05, 0.1) is 0 Å². The summed E-state index contributed by atoms with van der Waals surface area (Å²) in [7, 11) is 0. The number of hydrogen-bond donors (Lipinski definition) is 0. The molecule has 0 spiro atoms. The molecule has 2 aliphatic rings. The van der Waals surface area contributed by atoms with E-state index in [2.05, 4.69) is 104 Å². The largest absolute Gasteiger partial charge is 0.0747 e. The van der Waals surface area contributed by atoms with Gasteiger partial charge in [0, 0.05) is 8.84 Å². The molecule has 0 fully saturated rings. The van der Waals surface area contributed by atoms with E-state index >= 15 is 0 Å². The molecular formula is C22H21I. The van der Waals surface area contributed by atoms with Crippen molar-refractivity contribution in [2.45, 2.75) is 36.0 Å². The Morgan fingerprint density at radius 3 is 2.39 bits per heavy atom. The van der Waals surface area contributed by atoms with Crippen LogP contribution in [0.2, 0.25) is 0 Å². The molecule has 2 aliphatic carbocycles. The second-order valence-electron chi connectivity index (χ2n) is 7.41. The minimum absolute atomic E-state index is 0.0822. The lowest BCUT2D eigenvalue weighted by Crippen LogP contribution is -2.22. The quantitative estimate of drug-likeness (QED) is 0.368. The monoisotopic (exact) mass is 412 g/mol. The maximum Gasteiger partial charge on any atom is 0.0413 e. The zero-order valence-corrected chi connectivity index (χ0v) is 16.0. The first-order valence-electron chi connectivity index (χ1n) is 8.22. The third-order valence-electron chi connectivity index (χ3n) is 5.20. The minimum atomic E-state index is 0.0822. The Bertz CT molecular complexity index is 836. The molecule has 0 amide bonds. The fourth-order valence-electron chi connectivity index (χ4n) is 3.87. The number of fused-ring (bicyclic) bond motifs is 3. The summed E-state index contributed by atoms with van der Waals surface area (Å²) in [5.74, 6) is 0. The van der Waals surface area contributed by atoms with Gasteiger partial charge in [-0.25, -0.2) is 0 Å². The first kappa shape index (κ1) is 15.2. The van der Waals surface area contributed by atoms with Crippen LogP contribution >= 0.6 is 22.6 Å². The van der Waals surface area contributed by atoms with Crippen LogP contribution in [0, 0.1) is 0 Å². The van der Waals surface area contributed by atoms with Crippen LogP contribution in [0.3, 0.4) is 0 Å².